The first-order valence-corrected chi connectivity index (χ1v) is 9.93. The van der Waals surface area contributed by atoms with Crippen LogP contribution >= 0.6 is 0 Å². The van der Waals surface area contributed by atoms with Crippen molar-refractivity contribution < 1.29 is 23.8 Å². The molecule has 0 saturated carbocycles. The topological polar surface area (TPSA) is 65.1 Å². The van der Waals surface area contributed by atoms with Gasteiger partial charge in [-0.15, -0.1) is 0 Å². The van der Waals surface area contributed by atoms with Crippen LogP contribution in [0.3, 0.4) is 0 Å². The first-order chi connectivity index (χ1) is 14.6. The predicted molar refractivity (Wildman–Crippen MR) is 115 cm³/mol. The van der Waals surface area contributed by atoms with Gasteiger partial charge < -0.3 is 19.1 Å². The van der Waals surface area contributed by atoms with Crippen LogP contribution < -0.4 is 9.47 Å². The van der Waals surface area contributed by atoms with Crippen molar-refractivity contribution in [3.8, 4) is 11.5 Å². The monoisotopic (exact) mass is 409 g/mol. The van der Waals surface area contributed by atoms with Crippen LogP contribution in [-0.2, 0) is 14.3 Å². The molecule has 1 aliphatic heterocycles. The van der Waals surface area contributed by atoms with E-state index in [0.29, 0.717) is 30.2 Å². The van der Waals surface area contributed by atoms with Crippen molar-refractivity contribution >= 4 is 23.5 Å². The standard InChI is InChI=1S/C24H27NO5/c1-28-21-12-11-17(15-22(21)29-2)14-20(18-8-5-4-6-9-18)23(26)25-13-7-10-19(16-25)24(27)30-3/h4-6,8-9,11-12,14-15,19H,7,10,13,16H2,1-3H3/b20-14+. The van der Waals surface area contributed by atoms with Gasteiger partial charge in [0.05, 0.1) is 27.2 Å². The normalized spacial score (nSPS) is 16.7. The third kappa shape index (κ3) is 4.82. The van der Waals surface area contributed by atoms with E-state index in [-0.39, 0.29) is 17.8 Å². The molecule has 0 radical (unpaired) electrons. The van der Waals surface area contributed by atoms with E-state index in [4.69, 9.17) is 14.2 Å². The summed E-state index contributed by atoms with van der Waals surface area (Å²) in [5.41, 5.74) is 2.20. The van der Waals surface area contributed by atoms with Crippen molar-refractivity contribution in [3.63, 3.8) is 0 Å². The van der Waals surface area contributed by atoms with Gasteiger partial charge in [0.1, 0.15) is 0 Å². The highest BCUT2D eigenvalue weighted by Gasteiger charge is 2.30. The highest BCUT2D eigenvalue weighted by Crippen LogP contribution is 2.30. The predicted octanol–water partition coefficient (Wildman–Crippen LogP) is 3.66. The van der Waals surface area contributed by atoms with Gasteiger partial charge in [0.25, 0.3) is 5.91 Å². The number of carbonyl (C=O) groups excluding carboxylic acids is 2. The Kier molecular flexibility index (Phi) is 7.12. The third-order valence-corrected chi connectivity index (χ3v) is 5.28. The molecule has 6 nitrogen and oxygen atoms in total. The first-order valence-electron chi connectivity index (χ1n) is 9.93. The Bertz CT molecular complexity index is 922. The molecule has 2 aromatic carbocycles. The zero-order valence-corrected chi connectivity index (χ0v) is 17.6. The number of esters is 1. The van der Waals surface area contributed by atoms with Gasteiger partial charge >= 0.3 is 5.97 Å². The summed E-state index contributed by atoms with van der Waals surface area (Å²) in [5.74, 6) is 0.557. The van der Waals surface area contributed by atoms with Crippen LogP contribution in [0.25, 0.3) is 11.6 Å². The molecule has 1 atom stereocenters. The summed E-state index contributed by atoms with van der Waals surface area (Å²) in [5, 5.41) is 0. The average molecular weight is 409 g/mol. The molecule has 0 bridgehead atoms. The quantitative estimate of drug-likeness (QED) is 0.414. The Labute approximate surface area is 177 Å². The molecule has 1 aliphatic rings. The van der Waals surface area contributed by atoms with Crippen LogP contribution in [0.2, 0.25) is 0 Å². The van der Waals surface area contributed by atoms with Gasteiger partial charge in [-0.05, 0) is 42.2 Å². The molecular weight excluding hydrogens is 382 g/mol. The fourth-order valence-corrected chi connectivity index (χ4v) is 3.69. The van der Waals surface area contributed by atoms with Crippen molar-refractivity contribution in [1.29, 1.82) is 0 Å². The molecule has 6 heteroatoms. The van der Waals surface area contributed by atoms with E-state index in [1.807, 2.05) is 54.6 Å². The number of amides is 1. The number of piperidine rings is 1. The second-order valence-corrected chi connectivity index (χ2v) is 7.15. The number of ether oxygens (including phenoxy) is 3. The van der Waals surface area contributed by atoms with Crippen LogP contribution in [0, 0.1) is 5.92 Å². The molecule has 158 valence electrons. The number of hydrogen-bond acceptors (Lipinski definition) is 5. The lowest BCUT2D eigenvalue weighted by Crippen LogP contribution is -2.43. The lowest BCUT2D eigenvalue weighted by Gasteiger charge is -2.32. The highest BCUT2D eigenvalue weighted by atomic mass is 16.5. The van der Waals surface area contributed by atoms with Crippen molar-refractivity contribution in [2.75, 3.05) is 34.4 Å². The minimum Gasteiger partial charge on any atom is -0.493 e. The lowest BCUT2D eigenvalue weighted by atomic mass is 9.95. The SMILES string of the molecule is COC(=O)C1CCCN(C(=O)/C(=C/c2ccc(OC)c(OC)c2)c2ccccc2)C1. The summed E-state index contributed by atoms with van der Waals surface area (Å²) in [6.45, 7) is 0.976. The van der Waals surface area contributed by atoms with Crippen LogP contribution in [-0.4, -0.2) is 51.2 Å². The van der Waals surface area contributed by atoms with Gasteiger partial charge in [-0.2, -0.15) is 0 Å². The molecule has 30 heavy (non-hydrogen) atoms. The van der Waals surface area contributed by atoms with Crippen molar-refractivity contribution in [3.05, 3.63) is 59.7 Å². The number of benzene rings is 2. The number of hydrogen-bond donors (Lipinski definition) is 0. The van der Waals surface area contributed by atoms with Crippen molar-refractivity contribution in [2.24, 2.45) is 5.92 Å². The Balaban J connectivity index is 1.96. The van der Waals surface area contributed by atoms with Crippen LogP contribution in [0.5, 0.6) is 11.5 Å². The Morgan fingerprint density at radius 2 is 1.73 bits per heavy atom. The number of nitrogens with zero attached hydrogens (tertiary/aromatic N) is 1. The molecule has 1 saturated heterocycles. The van der Waals surface area contributed by atoms with Crippen molar-refractivity contribution in [1.82, 2.24) is 4.90 Å². The minimum absolute atomic E-state index is 0.107. The summed E-state index contributed by atoms with van der Waals surface area (Å²) in [6.07, 6.45) is 3.35. The van der Waals surface area contributed by atoms with Gasteiger partial charge in [-0.3, -0.25) is 9.59 Å². The summed E-state index contributed by atoms with van der Waals surface area (Å²) in [4.78, 5) is 27.2. The maximum Gasteiger partial charge on any atom is 0.310 e. The summed E-state index contributed by atoms with van der Waals surface area (Å²) >= 11 is 0. The first kappa shape index (κ1) is 21.4. The van der Waals surface area contributed by atoms with E-state index in [1.54, 1.807) is 19.1 Å². The van der Waals surface area contributed by atoms with E-state index in [1.165, 1.54) is 7.11 Å². The molecule has 1 fully saturated rings. The summed E-state index contributed by atoms with van der Waals surface area (Å²) in [7, 11) is 4.55. The Morgan fingerprint density at radius 3 is 2.40 bits per heavy atom. The van der Waals surface area contributed by atoms with Crippen molar-refractivity contribution in [2.45, 2.75) is 12.8 Å². The maximum atomic E-state index is 13.5. The largest absolute Gasteiger partial charge is 0.493 e. The maximum absolute atomic E-state index is 13.5. The zero-order chi connectivity index (χ0) is 21.5. The fraction of sp³-hybridized carbons (Fsp3) is 0.333. The fourth-order valence-electron chi connectivity index (χ4n) is 3.69. The number of methoxy groups -OCH3 is 3. The summed E-state index contributed by atoms with van der Waals surface area (Å²) < 4.78 is 15.6. The van der Waals surface area contributed by atoms with Gasteiger partial charge in [0.2, 0.25) is 0 Å². The molecule has 0 spiro atoms. The molecular formula is C24H27NO5. The van der Waals surface area contributed by atoms with E-state index in [9.17, 15) is 9.59 Å². The van der Waals surface area contributed by atoms with Gasteiger partial charge in [0.15, 0.2) is 11.5 Å². The third-order valence-electron chi connectivity index (χ3n) is 5.28. The van der Waals surface area contributed by atoms with Gasteiger partial charge in [-0.25, -0.2) is 0 Å². The second kappa shape index (κ2) is 9.96. The van der Waals surface area contributed by atoms with Gasteiger partial charge in [-0.1, -0.05) is 36.4 Å². The van der Waals surface area contributed by atoms with E-state index in [2.05, 4.69) is 0 Å². The molecule has 0 aliphatic carbocycles. The summed E-state index contributed by atoms with van der Waals surface area (Å²) in [6, 6.07) is 15.1. The second-order valence-electron chi connectivity index (χ2n) is 7.15. The smallest absolute Gasteiger partial charge is 0.310 e. The van der Waals surface area contributed by atoms with Crippen LogP contribution in [0.4, 0.5) is 0 Å². The molecule has 0 aromatic heterocycles. The highest BCUT2D eigenvalue weighted by molar-refractivity contribution is 6.24. The molecule has 1 unspecified atom stereocenters. The van der Waals surface area contributed by atoms with Gasteiger partial charge in [0, 0.05) is 18.7 Å². The number of likely N-dealkylation sites (tertiary alicyclic amines) is 1. The molecule has 1 heterocycles. The van der Waals surface area contributed by atoms with E-state index < -0.39 is 0 Å². The van der Waals surface area contributed by atoms with Crippen LogP contribution in [0.15, 0.2) is 48.5 Å². The molecule has 0 N–H and O–H groups in total. The van der Waals surface area contributed by atoms with E-state index >= 15 is 0 Å². The number of carbonyl (C=O) groups is 2. The van der Waals surface area contributed by atoms with E-state index in [0.717, 1.165) is 24.0 Å². The average Bonchev–Trinajstić information content (AvgIpc) is 2.82. The number of rotatable bonds is 6. The molecule has 2 aromatic rings. The van der Waals surface area contributed by atoms with Crippen LogP contribution in [0.1, 0.15) is 24.0 Å². The Hall–Kier alpha value is -3.28. The molecule has 3 rings (SSSR count). The molecule has 1 amide bonds. The lowest BCUT2D eigenvalue weighted by molar-refractivity contribution is -0.148. The Morgan fingerprint density at radius 1 is 1.00 bits per heavy atom. The minimum atomic E-state index is -0.286. The zero-order valence-electron chi connectivity index (χ0n) is 17.6.